The Labute approximate surface area is 125 Å². The van der Waals surface area contributed by atoms with Crippen molar-refractivity contribution in [1.82, 2.24) is 4.98 Å². The molecule has 0 saturated heterocycles. The fourth-order valence-corrected chi connectivity index (χ4v) is 2.44. The average molecular weight is 296 g/mol. The molecular weight excluding hydrogens is 286 g/mol. The van der Waals surface area contributed by atoms with Crippen LogP contribution in [0.25, 0.3) is 33.9 Å². The second kappa shape index (κ2) is 4.79. The zero-order chi connectivity index (χ0) is 14.2. The van der Waals surface area contributed by atoms with Gasteiger partial charge < -0.3 is 8.83 Å². The van der Waals surface area contributed by atoms with Crippen LogP contribution in [-0.4, -0.2) is 4.98 Å². The maximum Gasteiger partial charge on any atom is 0.227 e. The molecule has 0 aliphatic carbocycles. The summed E-state index contributed by atoms with van der Waals surface area (Å²) in [5.74, 6) is 1.39. The summed E-state index contributed by atoms with van der Waals surface area (Å²) in [5, 5.41) is 0.645. The van der Waals surface area contributed by atoms with Gasteiger partial charge in [-0.05, 0) is 42.5 Å². The Bertz CT molecular complexity index is 910. The first kappa shape index (κ1) is 12.2. The van der Waals surface area contributed by atoms with Gasteiger partial charge in [0.2, 0.25) is 5.89 Å². The minimum absolute atomic E-state index is 0.570. The summed E-state index contributed by atoms with van der Waals surface area (Å²) in [5.41, 5.74) is 3.35. The van der Waals surface area contributed by atoms with Crippen LogP contribution in [0.2, 0.25) is 5.02 Å². The van der Waals surface area contributed by atoms with Crippen LogP contribution in [0.1, 0.15) is 0 Å². The lowest BCUT2D eigenvalue weighted by molar-refractivity contribution is 0.582. The van der Waals surface area contributed by atoms with Gasteiger partial charge in [-0.3, -0.25) is 0 Å². The monoisotopic (exact) mass is 295 g/mol. The van der Waals surface area contributed by atoms with Gasteiger partial charge >= 0.3 is 0 Å². The number of halogens is 1. The summed E-state index contributed by atoms with van der Waals surface area (Å²) in [6.07, 6.45) is 1.66. The van der Waals surface area contributed by atoms with Crippen molar-refractivity contribution in [2.75, 3.05) is 0 Å². The van der Waals surface area contributed by atoms with E-state index in [1.54, 1.807) is 18.4 Å². The van der Waals surface area contributed by atoms with Crippen molar-refractivity contribution in [3.63, 3.8) is 0 Å². The summed E-state index contributed by atoms with van der Waals surface area (Å²) < 4.78 is 11.2. The average Bonchev–Trinajstić information content (AvgIpc) is 3.16. The number of furan rings is 1. The predicted molar refractivity (Wildman–Crippen MR) is 82.2 cm³/mol. The number of hydrogen-bond donors (Lipinski definition) is 0. The molecule has 0 atom stereocenters. The van der Waals surface area contributed by atoms with E-state index < -0.39 is 0 Å². The van der Waals surface area contributed by atoms with Crippen molar-refractivity contribution in [3.8, 4) is 22.8 Å². The van der Waals surface area contributed by atoms with E-state index in [1.807, 2.05) is 42.5 Å². The summed E-state index contributed by atoms with van der Waals surface area (Å²) in [6, 6.07) is 17.1. The lowest BCUT2D eigenvalue weighted by atomic mass is 10.1. The summed E-state index contributed by atoms with van der Waals surface area (Å²) >= 11 is 5.97. The Morgan fingerprint density at radius 2 is 1.81 bits per heavy atom. The third-order valence-corrected chi connectivity index (χ3v) is 3.50. The molecule has 21 heavy (non-hydrogen) atoms. The molecule has 4 aromatic rings. The van der Waals surface area contributed by atoms with Crippen molar-refractivity contribution in [2.24, 2.45) is 0 Å². The Balaban J connectivity index is 1.83. The third-order valence-electron chi connectivity index (χ3n) is 3.26. The van der Waals surface area contributed by atoms with Gasteiger partial charge in [-0.15, -0.1) is 0 Å². The third kappa shape index (κ3) is 2.22. The first-order valence-corrected chi connectivity index (χ1v) is 6.88. The number of nitrogens with zero attached hydrogens (tertiary/aromatic N) is 1. The number of aromatic nitrogens is 1. The fourth-order valence-electron chi connectivity index (χ4n) is 2.27. The van der Waals surface area contributed by atoms with Crippen molar-refractivity contribution < 1.29 is 8.83 Å². The largest absolute Gasteiger partial charge is 0.464 e. The molecule has 0 bridgehead atoms. The molecule has 0 spiro atoms. The van der Waals surface area contributed by atoms with Gasteiger partial charge in [0.15, 0.2) is 5.58 Å². The summed E-state index contributed by atoms with van der Waals surface area (Å²) in [7, 11) is 0. The molecule has 2 aromatic carbocycles. The number of oxazole rings is 1. The van der Waals surface area contributed by atoms with Crippen LogP contribution < -0.4 is 0 Å². The summed E-state index contributed by atoms with van der Waals surface area (Å²) in [6.45, 7) is 0. The first-order chi connectivity index (χ1) is 10.3. The minimum Gasteiger partial charge on any atom is -0.464 e. The minimum atomic E-state index is 0.570. The zero-order valence-corrected chi connectivity index (χ0v) is 11.7. The standard InChI is InChI=1S/C17H10ClNO2/c18-13-6-7-16-14(10-13)19-17(21-16)12-4-1-3-11(9-12)15-5-2-8-20-15/h1-10H. The van der Waals surface area contributed by atoms with Gasteiger partial charge in [0.05, 0.1) is 6.26 Å². The molecular formula is C17H10ClNO2. The Hall–Kier alpha value is -2.52. The molecule has 0 aliphatic heterocycles. The predicted octanol–water partition coefficient (Wildman–Crippen LogP) is 5.41. The second-order valence-corrected chi connectivity index (χ2v) is 5.13. The lowest BCUT2D eigenvalue weighted by Crippen LogP contribution is -1.79. The Morgan fingerprint density at radius 3 is 2.67 bits per heavy atom. The van der Waals surface area contributed by atoms with Crippen LogP contribution in [0.15, 0.2) is 69.7 Å². The highest BCUT2D eigenvalue weighted by Gasteiger charge is 2.10. The molecule has 2 heterocycles. The van der Waals surface area contributed by atoms with E-state index in [2.05, 4.69) is 4.98 Å². The fraction of sp³-hybridized carbons (Fsp3) is 0. The molecule has 0 amide bonds. The quantitative estimate of drug-likeness (QED) is 0.496. The smallest absolute Gasteiger partial charge is 0.227 e. The second-order valence-electron chi connectivity index (χ2n) is 4.69. The molecule has 0 saturated carbocycles. The highest BCUT2D eigenvalue weighted by molar-refractivity contribution is 6.31. The molecule has 4 rings (SSSR count). The normalized spacial score (nSPS) is 11.1. The van der Waals surface area contributed by atoms with Gasteiger partial charge in [-0.2, -0.15) is 0 Å². The maximum atomic E-state index is 5.97. The molecule has 3 nitrogen and oxygen atoms in total. The van der Waals surface area contributed by atoms with E-state index >= 15 is 0 Å². The Kier molecular flexibility index (Phi) is 2.79. The van der Waals surface area contributed by atoms with Gasteiger partial charge in [0, 0.05) is 16.1 Å². The number of hydrogen-bond acceptors (Lipinski definition) is 3. The van der Waals surface area contributed by atoms with Crippen LogP contribution >= 0.6 is 11.6 Å². The van der Waals surface area contributed by atoms with E-state index in [9.17, 15) is 0 Å². The zero-order valence-electron chi connectivity index (χ0n) is 10.9. The van der Waals surface area contributed by atoms with Crippen LogP contribution in [0.5, 0.6) is 0 Å². The van der Waals surface area contributed by atoms with Crippen molar-refractivity contribution in [3.05, 3.63) is 65.9 Å². The van der Waals surface area contributed by atoms with Crippen LogP contribution in [-0.2, 0) is 0 Å². The van der Waals surface area contributed by atoms with E-state index in [-0.39, 0.29) is 0 Å². The van der Waals surface area contributed by atoms with Crippen LogP contribution in [0.3, 0.4) is 0 Å². The molecule has 0 radical (unpaired) electrons. The van der Waals surface area contributed by atoms with Gasteiger partial charge in [0.25, 0.3) is 0 Å². The molecule has 0 fully saturated rings. The van der Waals surface area contributed by atoms with Crippen LogP contribution in [0, 0.1) is 0 Å². The van der Waals surface area contributed by atoms with Gasteiger partial charge in [-0.25, -0.2) is 4.98 Å². The van der Waals surface area contributed by atoms with E-state index in [0.29, 0.717) is 10.9 Å². The highest BCUT2D eigenvalue weighted by Crippen LogP contribution is 2.29. The highest BCUT2D eigenvalue weighted by atomic mass is 35.5. The first-order valence-electron chi connectivity index (χ1n) is 6.50. The van der Waals surface area contributed by atoms with E-state index in [0.717, 1.165) is 28.0 Å². The number of rotatable bonds is 2. The lowest BCUT2D eigenvalue weighted by Gasteiger charge is -1.99. The van der Waals surface area contributed by atoms with Crippen molar-refractivity contribution in [1.29, 1.82) is 0 Å². The van der Waals surface area contributed by atoms with Gasteiger partial charge in [0.1, 0.15) is 11.3 Å². The van der Waals surface area contributed by atoms with E-state index in [1.165, 1.54) is 0 Å². The number of benzene rings is 2. The van der Waals surface area contributed by atoms with E-state index in [4.69, 9.17) is 20.4 Å². The SMILES string of the molecule is Clc1ccc2oc(-c3cccc(-c4ccco4)c3)nc2c1. The van der Waals surface area contributed by atoms with Crippen molar-refractivity contribution >= 4 is 22.7 Å². The van der Waals surface area contributed by atoms with Crippen molar-refractivity contribution in [2.45, 2.75) is 0 Å². The molecule has 4 heteroatoms. The topological polar surface area (TPSA) is 39.2 Å². The molecule has 0 N–H and O–H groups in total. The molecule has 2 aromatic heterocycles. The van der Waals surface area contributed by atoms with Gasteiger partial charge in [-0.1, -0.05) is 23.7 Å². The molecule has 0 aliphatic rings. The summed E-state index contributed by atoms with van der Waals surface area (Å²) in [4.78, 5) is 4.48. The number of fused-ring (bicyclic) bond motifs is 1. The molecule has 102 valence electrons. The van der Waals surface area contributed by atoms with Crippen LogP contribution in [0.4, 0.5) is 0 Å². The molecule has 0 unspecified atom stereocenters. The Morgan fingerprint density at radius 1 is 0.905 bits per heavy atom. The maximum absolute atomic E-state index is 5.97.